The highest BCUT2D eigenvalue weighted by molar-refractivity contribution is 5.19. The van der Waals surface area contributed by atoms with Gasteiger partial charge in [-0.15, -0.1) is 0 Å². The molecule has 3 heteroatoms. The lowest BCUT2D eigenvalue weighted by atomic mass is 10.1. The van der Waals surface area contributed by atoms with E-state index in [9.17, 15) is 0 Å². The van der Waals surface area contributed by atoms with Gasteiger partial charge in [0.05, 0.1) is 0 Å². The van der Waals surface area contributed by atoms with Crippen molar-refractivity contribution in [2.45, 2.75) is 32.5 Å². The molecule has 0 spiro atoms. The molecule has 2 rings (SSSR count). The summed E-state index contributed by atoms with van der Waals surface area (Å²) in [5.41, 5.74) is 2.72. The summed E-state index contributed by atoms with van der Waals surface area (Å²) < 4.78 is 2.33. The second-order valence-corrected chi connectivity index (χ2v) is 5.71. The van der Waals surface area contributed by atoms with Gasteiger partial charge in [0.1, 0.15) is 0 Å². The van der Waals surface area contributed by atoms with Gasteiger partial charge in [-0.3, -0.25) is 0 Å². The van der Waals surface area contributed by atoms with Crippen LogP contribution in [0.5, 0.6) is 0 Å². The molecule has 1 aromatic heterocycles. The third-order valence-corrected chi connectivity index (χ3v) is 3.84. The minimum absolute atomic E-state index is 0.404. The zero-order valence-corrected chi connectivity index (χ0v) is 13.4. The van der Waals surface area contributed by atoms with E-state index in [1.165, 1.54) is 17.7 Å². The Kier molecular flexibility index (Phi) is 6.03. The molecule has 3 nitrogen and oxygen atoms in total. The van der Waals surface area contributed by atoms with Crippen LogP contribution >= 0.6 is 0 Å². The zero-order valence-electron chi connectivity index (χ0n) is 13.4. The summed E-state index contributed by atoms with van der Waals surface area (Å²) in [6.45, 7) is 5.19. The van der Waals surface area contributed by atoms with Crippen molar-refractivity contribution in [1.29, 1.82) is 0 Å². The van der Waals surface area contributed by atoms with Crippen molar-refractivity contribution in [3.63, 3.8) is 0 Å². The van der Waals surface area contributed by atoms with Crippen molar-refractivity contribution < 1.29 is 0 Å². The van der Waals surface area contributed by atoms with Crippen LogP contribution in [-0.2, 0) is 13.1 Å². The van der Waals surface area contributed by atoms with Gasteiger partial charge in [-0.2, -0.15) is 0 Å². The lowest BCUT2D eigenvalue weighted by Gasteiger charge is -2.25. The Morgan fingerprint density at radius 2 is 1.86 bits per heavy atom. The van der Waals surface area contributed by atoms with Gasteiger partial charge in [0.25, 0.3) is 0 Å². The molecule has 0 aliphatic carbocycles. The number of rotatable bonds is 8. The first-order valence-corrected chi connectivity index (χ1v) is 7.78. The smallest absolute Gasteiger partial charge is 0.0466 e. The van der Waals surface area contributed by atoms with E-state index in [1.807, 2.05) is 0 Å². The normalized spacial score (nSPS) is 12.8. The summed E-state index contributed by atoms with van der Waals surface area (Å²) in [5.74, 6) is 0. The SMILES string of the molecule is CCCn1cccc1CNCC(c1ccccc1)N(C)C. The number of hydrogen-bond acceptors (Lipinski definition) is 2. The zero-order chi connectivity index (χ0) is 15.1. The molecule has 0 aliphatic rings. The van der Waals surface area contributed by atoms with Gasteiger partial charge >= 0.3 is 0 Å². The molecule has 0 saturated heterocycles. The number of benzene rings is 1. The lowest BCUT2D eigenvalue weighted by Crippen LogP contribution is -2.31. The summed E-state index contributed by atoms with van der Waals surface area (Å²) >= 11 is 0. The predicted molar refractivity (Wildman–Crippen MR) is 89.3 cm³/mol. The Bertz CT molecular complexity index is 516. The standard InChI is InChI=1S/C18H27N3/c1-4-12-21-13-8-11-17(21)14-19-15-18(20(2)3)16-9-6-5-7-10-16/h5-11,13,18-19H,4,12,14-15H2,1-3H3. The van der Waals surface area contributed by atoms with Crippen molar-refractivity contribution in [1.82, 2.24) is 14.8 Å². The number of likely N-dealkylation sites (N-methyl/N-ethyl adjacent to an activating group) is 1. The molecule has 1 unspecified atom stereocenters. The van der Waals surface area contributed by atoms with Crippen LogP contribution in [0.3, 0.4) is 0 Å². The molecule has 114 valence electrons. The van der Waals surface area contributed by atoms with Gasteiger partial charge in [0, 0.05) is 37.6 Å². The maximum Gasteiger partial charge on any atom is 0.0466 e. The number of hydrogen-bond donors (Lipinski definition) is 1. The third-order valence-electron chi connectivity index (χ3n) is 3.84. The van der Waals surface area contributed by atoms with Crippen LogP contribution in [-0.4, -0.2) is 30.1 Å². The van der Waals surface area contributed by atoms with Crippen molar-refractivity contribution in [3.05, 3.63) is 59.9 Å². The van der Waals surface area contributed by atoms with Crippen LogP contribution in [0.1, 0.15) is 30.6 Å². The summed E-state index contributed by atoms with van der Waals surface area (Å²) in [7, 11) is 4.28. The van der Waals surface area contributed by atoms with E-state index in [-0.39, 0.29) is 0 Å². The number of aromatic nitrogens is 1. The van der Waals surface area contributed by atoms with Gasteiger partial charge in [0.2, 0.25) is 0 Å². The highest BCUT2D eigenvalue weighted by Gasteiger charge is 2.13. The first-order chi connectivity index (χ1) is 10.2. The average Bonchev–Trinajstić information content (AvgIpc) is 2.92. The van der Waals surface area contributed by atoms with Crippen molar-refractivity contribution in [2.75, 3.05) is 20.6 Å². The minimum Gasteiger partial charge on any atom is -0.350 e. The Morgan fingerprint density at radius 1 is 1.10 bits per heavy atom. The number of nitrogens with zero attached hydrogens (tertiary/aromatic N) is 2. The minimum atomic E-state index is 0.404. The number of nitrogens with one attached hydrogen (secondary N) is 1. The van der Waals surface area contributed by atoms with E-state index in [0.717, 1.165) is 19.6 Å². The summed E-state index contributed by atoms with van der Waals surface area (Å²) in [4.78, 5) is 2.27. The Balaban J connectivity index is 1.92. The van der Waals surface area contributed by atoms with Crippen molar-refractivity contribution in [3.8, 4) is 0 Å². The quantitative estimate of drug-likeness (QED) is 0.803. The van der Waals surface area contributed by atoms with E-state index in [0.29, 0.717) is 6.04 Å². The van der Waals surface area contributed by atoms with Crippen LogP contribution in [0.25, 0.3) is 0 Å². The topological polar surface area (TPSA) is 20.2 Å². The van der Waals surface area contributed by atoms with Gasteiger partial charge in [0.15, 0.2) is 0 Å². The van der Waals surface area contributed by atoms with E-state index in [2.05, 4.69) is 84.5 Å². The van der Waals surface area contributed by atoms with Gasteiger partial charge in [-0.05, 0) is 38.2 Å². The van der Waals surface area contributed by atoms with Crippen LogP contribution in [0.2, 0.25) is 0 Å². The third kappa shape index (κ3) is 4.45. The van der Waals surface area contributed by atoms with Crippen LogP contribution in [0, 0.1) is 0 Å². The molecule has 1 heterocycles. The van der Waals surface area contributed by atoms with Crippen LogP contribution < -0.4 is 5.32 Å². The molecule has 2 aromatic rings. The van der Waals surface area contributed by atoms with Gasteiger partial charge in [-0.1, -0.05) is 37.3 Å². The molecular weight excluding hydrogens is 258 g/mol. The van der Waals surface area contributed by atoms with Gasteiger partial charge in [-0.25, -0.2) is 0 Å². The summed E-state index contributed by atoms with van der Waals surface area (Å²) in [5, 5.41) is 3.60. The Labute approximate surface area is 128 Å². The highest BCUT2D eigenvalue weighted by atomic mass is 15.1. The monoisotopic (exact) mass is 285 g/mol. The Hall–Kier alpha value is -1.58. The van der Waals surface area contributed by atoms with E-state index < -0.39 is 0 Å². The molecule has 1 aromatic carbocycles. The first kappa shape index (κ1) is 15.8. The van der Waals surface area contributed by atoms with Crippen LogP contribution in [0.15, 0.2) is 48.7 Å². The summed E-state index contributed by atoms with van der Waals surface area (Å²) in [6, 6.07) is 15.4. The molecule has 0 radical (unpaired) electrons. The van der Waals surface area contributed by atoms with Crippen molar-refractivity contribution in [2.24, 2.45) is 0 Å². The second-order valence-electron chi connectivity index (χ2n) is 5.71. The van der Waals surface area contributed by atoms with Crippen LogP contribution in [0.4, 0.5) is 0 Å². The Morgan fingerprint density at radius 3 is 2.52 bits per heavy atom. The van der Waals surface area contributed by atoms with E-state index >= 15 is 0 Å². The first-order valence-electron chi connectivity index (χ1n) is 7.78. The molecule has 0 aliphatic heterocycles. The lowest BCUT2D eigenvalue weighted by molar-refractivity contribution is 0.287. The molecular formula is C18H27N3. The molecule has 0 amide bonds. The molecule has 21 heavy (non-hydrogen) atoms. The van der Waals surface area contributed by atoms with E-state index in [1.54, 1.807) is 0 Å². The largest absolute Gasteiger partial charge is 0.350 e. The fourth-order valence-corrected chi connectivity index (χ4v) is 2.68. The molecule has 1 N–H and O–H groups in total. The second kappa shape index (κ2) is 8.01. The summed E-state index contributed by atoms with van der Waals surface area (Å²) in [6.07, 6.45) is 3.34. The molecule has 0 bridgehead atoms. The molecule has 1 atom stereocenters. The van der Waals surface area contributed by atoms with Gasteiger partial charge < -0.3 is 14.8 Å². The molecule has 0 fully saturated rings. The fraction of sp³-hybridized carbons (Fsp3) is 0.444. The molecule has 0 saturated carbocycles. The average molecular weight is 285 g/mol. The predicted octanol–water partition coefficient (Wildman–Crippen LogP) is 3.29. The number of aryl methyl sites for hydroxylation is 1. The fourth-order valence-electron chi connectivity index (χ4n) is 2.68. The highest BCUT2D eigenvalue weighted by Crippen LogP contribution is 2.16. The maximum atomic E-state index is 3.60. The van der Waals surface area contributed by atoms with E-state index in [4.69, 9.17) is 0 Å². The van der Waals surface area contributed by atoms with Crippen molar-refractivity contribution >= 4 is 0 Å². The maximum absolute atomic E-state index is 3.60.